The van der Waals surface area contributed by atoms with Gasteiger partial charge in [0.15, 0.2) is 0 Å². The lowest BCUT2D eigenvalue weighted by atomic mass is 10.1. The maximum Gasteiger partial charge on any atom is 0.338 e. The van der Waals surface area contributed by atoms with Crippen LogP contribution in [0, 0.1) is 11.3 Å². The maximum absolute atomic E-state index is 12.2. The molecule has 0 bridgehead atoms. The van der Waals surface area contributed by atoms with Crippen molar-refractivity contribution < 1.29 is 17.9 Å². The Labute approximate surface area is 146 Å². The fourth-order valence-electron chi connectivity index (χ4n) is 2.19. The highest BCUT2D eigenvalue weighted by Crippen LogP contribution is 2.22. The lowest BCUT2D eigenvalue weighted by Crippen LogP contribution is -2.25. The molecule has 1 fully saturated rings. The molecule has 0 radical (unpaired) electrons. The average molecular weight is 356 g/mol. The third-order valence-corrected chi connectivity index (χ3v) is 5.25. The lowest BCUT2D eigenvalue weighted by Gasteiger charge is -2.08. The molecular weight excluding hydrogens is 340 g/mol. The van der Waals surface area contributed by atoms with Gasteiger partial charge in [-0.15, -0.1) is 0 Å². The van der Waals surface area contributed by atoms with Gasteiger partial charge in [0.25, 0.3) is 0 Å². The summed E-state index contributed by atoms with van der Waals surface area (Å²) in [6, 6.07) is 14.5. The number of hydrogen-bond acceptors (Lipinski definition) is 5. The number of benzene rings is 2. The second kappa shape index (κ2) is 7.05. The third-order valence-electron chi connectivity index (χ3n) is 3.73. The molecule has 6 nitrogen and oxygen atoms in total. The van der Waals surface area contributed by atoms with E-state index < -0.39 is 16.0 Å². The van der Waals surface area contributed by atoms with Gasteiger partial charge in [-0.25, -0.2) is 17.9 Å². The molecule has 0 atom stereocenters. The number of ether oxygens (including phenoxy) is 1. The van der Waals surface area contributed by atoms with Gasteiger partial charge in [-0.05, 0) is 48.7 Å². The Morgan fingerprint density at radius 2 is 1.92 bits per heavy atom. The predicted octanol–water partition coefficient (Wildman–Crippen LogP) is 2.36. The minimum absolute atomic E-state index is 0.00279. The number of esters is 1. The Morgan fingerprint density at radius 3 is 2.56 bits per heavy atom. The van der Waals surface area contributed by atoms with Gasteiger partial charge in [-0.3, -0.25) is 0 Å². The largest absolute Gasteiger partial charge is 0.457 e. The number of nitrogens with zero attached hydrogens (tertiary/aromatic N) is 1. The van der Waals surface area contributed by atoms with Crippen molar-refractivity contribution in [2.24, 2.45) is 0 Å². The molecule has 2 aromatic rings. The molecule has 7 heteroatoms. The van der Waals surface area contributed by atoms with Crippen molar-refractivity contribution in [3.05, 3.63) is 65.2 Å². The van der Waals surface area contributed by atoms with Crippen molar-refractivity contribution >= 4 is 16.0 Å². The second-order valence-electron chi connectivity index (χ2n) is 5.81. The Bertz CT molecular complexity index is 926. The molecule has 0 unspecified atom stereocenters. The van der Waals surface area contributed by atoms with E-state index in [1.807, 2.05) is 6.07 Å². The summed E-state index contributed by atoms with van der Waals surface area (Å²) < 4.78 is 32.2. The molecule has 0 amide bonds. The summed E-state index contributed by atoms with van der Waals surface area (Å²) in [4.78, 5) is 12.2. The first kappa shape index (κ1) is 17.1. The van der Waals surface area contributed by atoms with Crippen LogP contribution in [-0.4, -0.2) is 20.4 Å². The van der Waals surface area contributed by atoms with E-state index >= 15 is 0 Å². The van der Waals surface area contributed by atoms with E-state index in [1.54, 1.807) is 24.3 Å². The van der Waals surface area contributed by atoms with Gasteiger partial charge in [0.05, 0.1) is 22.1 Å². The van der Waals surface area contributed by atoms with Crippen LogP contribution in [0.15, 0.2) is 53.4 Å². The summed E-state index contributed by atoms with van der Waals surface area (Å²) in [6.07, 6.45) is 1.68. The fraction of sp³-hybridized carbons (Fsp3) is 0.222. The van der Waals surface area contributed by atoms with Crippen molar-refractivity contribution in [2.45, 2.75) is 30.4 Å². The van der Waals surface area contributed by atoms with Crippen LogP contribution in [-0.2, 0) is 21.4 Å². The highest BCUT2D eigenvalue weighted by Gasteiger charge is 2.28. The zero-order valence-corrected chi connectivity index (χ0v) is 14.1. The van der Waals surface area contributed by atoms with E-state index in [9.17, 15) is 13.2 Å². The minimum Gasteiger partial charge on any atom is -0.457 e. The second-order valence-corrected chi connectivity index (χ2v) is 7.52. The number of rotatable bonds is 6. The summed E-state index contributed by atoms with van der Waals surface area (Å²) in [6.45, 7) is 0.0435. The van der Waals surface area contributed by atoms with Crippen molar-refractivity contribution in [3.63, 3.8) is 0 Å². The van der Waals surface area contributed by atoms with E-state index in [-0.39, 0.29) is 23.1 Å². The smallest absolute Gasteiger partial charge is 0.338 e. The molecule has 0 spiro atoms. The Balaban J connectivity index is 1.67. The van der Waals surface area contributed by atoms with Crippen molar-refractivity contribution in [1.29, 1.82) is 5.26 Å². The lowest BCUT2D eigenvalue weighted by molar-refractivity contribution is 0.0472. The number of sulfonamides is 1. The van der Waals surface area contributed by atoms with E-state index in [4.69, 9.17) is 10.00 Å². The van der Waals surface area contributed by atoms with Crippen LogP contribution in [0.2, 0.25) is 0 Å². The molecule has 128 valence electrons. The molecule has 0 heterocycles. The van der Waals surface area contributed by atoms with E-state index in [1.165, 1.54) is 24.3 Å². The first-order valence-electron chi connectivity index (χ1n) is 7.76. The molecule has 0 saturated heterocycles. The minimum atomic E-state index is -3.62. The summed E-state index contributed by atoms with van der Waals surface area (Å²) >= 11 is 0. The molecular formula is C18H16N2O4S. The van der Waals surface area contributed by atoms with Crippen LogP contribution in [0.3, 0.4) is 0 Å². The Morgan fingerprint density at radius 1 is 1.20 bits per heavy atom. The van der Waals surface area contributed by atoms with Crippen molar-refractivity contribution in [2.75, 3.05) is 0 Å². The number of nitriles is 1. The van der Waals surface area contributed by atoms with E-state index in [0.717, 1.165) is 18.4 Å². The van der Waals surface area contributed by atoms with Crippen LogP contribution in [0.4, 0.5) is 0 Å². The van der Waals surface area contributed by atoms with E-state index in [0.29, 0.717) is 5.56 Å². The molecule has 0 aromatic heterocycles. The summed E-state index contributed by atoms with van der Waals surface area (Å²) in [7, 11) is -3.62. The number of carbonyl (C=O) groups is 1. The Kier molecular flexibility index (Phi) is 4.83. The van der Waals surface area contributed by atoms with Gasteiger partial charge in [0, 0.05) is 6.04 Å². The van der Waals surface area contributed by atoms with Crippen LogP contribution in [0.5, 0.6) is 0 Å². The van der Waals surface area contributed by atoms with Crippen LogP contribution in [0.25, 0.3) is 0 Å². The molecule has 3 rings (SSSR count). The number of hydrogen-bond donors (Lipinski definition) is 1. The van der Waals surface area contributed by atoms with Gasteiger partial charge in [-0.2, -0.15) is 5.26 Å². The van der Waals surface area contributed by atoms with Crippen LogP contribution < -0.4 is 4.72 Å². The maximum atomic E-state index is 12.2. The third kappa shape index (κ3) is 4.44. The quantitative estimate of drug-likeness (QED) is 0.802. The number of carbonyl (C=O) groups excluding carboxylic acids is 1. The van der Waals surface area contributed by atoms with Crippen molar-refractivity contribution in [1.82, 2.24) is 4.72 Å². The average Bonchev–Trinajstić information content (AvgIpc) is 3.43. The topological polar surface area (TPSA) is 96.3 Å². The van der Waals surface area contributed by atoms with Crippen LogP contribution >= 0.6 is 0 Å². The molecule has 1 saturated carbocycles. The van der Waals surface area contributed by atoms with Gasteiger partial charge < -0.3 is 4.74 Å². The monoisotopic (exact) mass is 356 g/mol. The molecule has 1 N–H and O–H groups in total. The molecule has 0 aliphatic heterocycles. The SMILES string of the molecule is N#Cc1ccc(COC(=O)c2cccc(S(=O)(=O)NC3CC3)c2)cc1. The first-order valence-corrected chi connectivity index (χ1v) is 9.25. The summed E-state index contributed by atoms with van der Waals surface area (Å²) in [5.41, 5.74) is 1.44. The zero-order chi connectivity index (χ0) is 17.9. The van der Waals surface area contributed by atoms with Gasteiger partial charge in [0.1, 0.15) is 6.61 Å². The standard InChI is InChI=1S/C18H16N2O4S/c19-11-13-4-6-14(7-5-13)12-24-18(21)15-2-1-3-17(10-15)25(22,23)20-16-8-9-16/h1-7,10,16,20H,8-9,12H2. The van der Waals surface area contributed by atoms with Gasteiger partial charge in [-0.1, -0.05) is 18.2 Å². The fourth-order valence-corrected chi connectivity index (χ4v) is 3.54. The molecule has 1 aliphatic carbocycles. The first-order chi connectivity index (χ1) is 12.0. The summed E-state index contributed by atoms with van der Waals surface area (Å²) in [5.74, 6) is -0.604. The predicted molar refractivity (Wildman–Crippen MR) is 90.1 cm³/mol. The van der Waals surface area contributed by atoms with Gasteiger partial charge >= 0.3 is 5.97 Å². The number of nitrogens with one attached hydrogen (secondary N) is 1. The highest BCUT2D eigenvalue weighted by atomic mass is 32.2. The normalized spacial score (nSPS) is 13.9. The molecule has 1 aliphatic rings. The Hall–Kier alpha value is -2.69. The molecule has 2 aromatic carbocycles. The van der Waals surface area contributed by atoms with E-state index in [2.05, 4.69) is 4.72 Å². The highest BCUT2D eigenvalue weighted by molar-refractivity contribution is 7.89. The van der Waals surface area contributed by atoms with Crippen LogP contribution in [0.1, 0.15) is 34.3 Å². The molecule has 25 heavy (non-hydrogen) atoms. The zero-order valence-electron chi connectivity index (χ0n) is 13.3. The van der Waals surface area contributed by atoms with Gasteiger partial charge in [0.2, 0.25) is 10.0 Å². The summed E-state index contributed by atoms with van der Waals surface area (Å²) in [5, 5.41) is 8.76. The van der Waals surface area contributed by atoms with Crippen molar-refractivity contribution in [3.8, 4) is 6.07 Å².